The molecule has 1 aromatic heterocycles. The predicted octanol–water partition coefficient (Wildman–Crippen LogP) is 5.95. The highest BCUT2D eigenvalue weighted by molar-refractivity contribution is 7.18. The number of esters is 2. The van der Waals surface area contributed by atoms with Crippen molar-refractivity contribution in [1.29, 1.82) is 0 Å². The summed E-state index contributed by atoms with van der Waals surface area (Å²) in [6, 6.07) is 12.2. The van der Waals surface area contributed by atoms with E-state index in [1.807, 2.05) is 38.1 Å². The zero-order valence-electron chi connectivity index (χ0n) is 19.8. The average molecular weight is 483 g/mol. The average Bonchev–Trinajstić information content (AvgIpc) is 3.27. The highest BCUT2D eigenvalue weighted by atomic mass is 32.1. The summed E-state index contributed by atoms with van der Waals surface area (Å²) in [6.07, 6.45) is 3.27. The van der Waals surface area contributed by atoms with E-state index in [4.69, 9.17) is 9.47 Å². The minimum Gasteiger partial charge on any atom is -0.462 e. The van der Waals surface area contributed by atoms with Crippen molar-refractivity contribution in [1.82, 2.24) is 4.98 Å². The van der Waals surface area contributed by atoms with E-state index in [1.54, 1.807) is 6.92 Å². The summed E-state index contributed by atoms with van der Waals surface area (Å²) < 4.78 is 11.6. The third-order valence-corrected chi connectivity index (χ3v) is 6.43. The Morgan fingerprint density at radius 2 is 1.53 bits per heavy atom. The number of fused-ring (bicyclic) bond motifs is 1. The van der Waals surface area contributed by atoms with E-state index in [0.29, 0.717) is 10.7 Å². The lowest BCUT2D eigenvalue weighted by Crippen LogP contribution is -2.20. The molecule has 0 fully saturated rings. The number of amides is 1. The fourth-order valence-corrected chi connectivity index (χ4v) is 4.18. The largest absolute Gasteiger partial charge is 0.462 e. The Morgan fingerprint density at radius 3 is 2.09 bits per heavy atom. The SMILES string of the molecule is CCCCOC(=O)c1cc(NC(=O)C(C)c2nc3ccccc3s2)cc(C(=O)OCCCC)c1. The number of aromatic nitrogens is 1. The maximum atomic E-state index is 13.0. The van der Waals surface area contributed by atoms with E-state index in [0.717, 1.165) is 35.9 Å². The van der Waals surface area contributed by atoms with E-state index in [9.17, 15) is 14.4 Å². The number of unbranched alkanes of at least 4 members (excludes halogenated alkanes) is 2. The van der Waals surface area contributed by atoms with E-state index in [-0.39, 0.29) is 30.2 Å². The minimum atomic E-state index is -0.550. The number of benzene rings is 2. The van der Waals surface area contributed by atoms with Crippen LogP contribution in [0.2, 0.25) is 0 Å². The van der Waals surface area contributed by atoms with Crippen molar-refractivity contribution >= 4 is 45.1 Å². The number of nitrogens with zero attached hydrogens (tertiary/aromatic N) is 1. The van der Waals surface area contributed by atoms with Crippen molar-refractivity contribution in [3.63, 3.8) is 0 Å². The summed E-state index contributed by atoms with van der Waals surface area (Å²) >= 11 is 1.46. The molecule has 0 bridgehead atoms. The normalized spacial score (nSPS) is 11.7. The van der Waals surface area contributed by atoms with Gasteiger partial charge in [-0.25, -0.2) is 14.6 Å². The van der Waals surface area contributed by atoms with Gasteiger partial charge in [0.05, 0.1) is 40.5 Å². The maximum absolute atomic E-state index is 13.0. The van der Waals surface area contributed by atoms with Crippen LogP contribution >= 0.6 is 11.3 Å². The first-order valence-electron chi connectivity index (χ1n) is 11.6. The molecular weight excluding hydrogens is 452 g/mol. The van der Waals surface area contributed by atoms with Gasteiger partial charge in [0.25, 0.3) is 0 Å². The van der Waals surface area contributed by atoms with E-state index >= 15 is 0 Å². The van der Waals surface area contributed by atoms with Crippen LogP contribution in [0.4, 0.5) is 5.69 Å². The second-order valence-corrected chi connectivity index (χ2v) is 9.07. The lowest BCUT2D eigenvalue weighted by atomic mass is 10.1. The summed E-state index contributed by atoms with van der Waals surface area (Å²) in [4.78, 5) is 42.7. The number of thiazole rings is 1. The molecule has 1 unspecified atom stereocenters. The lowest BCUT2D eigenvalue weighted by Gasteiger charge is -2.13. The molecule has 1 heterocycles. The van der Waals surface area contributed by atoms with Crippen molar-refractivity contribution < 1.29 is 23.9 Å². The van der Waals surface area contributed by atoms with Gasteiger partial charge in [-0.05, 0) is 50.1 Å². The van der Waals surface area contributed by atoms with Crippen molar-refractivity contribution in [2.45, 2.75) is 52.4 Å². The van der Waals surface area contributed by atoms with E-state index in [2.05, 4.69) is 10.3 Å². The van der Waals surface area contributed by atoms with Gasteiger partial charge < -0.3 is 14.8 Å². The molecule has 0 aliphatic heterocycles. The molecule has 0 radical (unpaired) electrons. The number of rotatable bonds is 11. The van der Waals surface area contributed by atoms with Crippen molar-refractivity contribution in [3.8, 4) is 0 Å². The molecule has 0 saturated carbocycles. The molecule has 2 aromatic carbocycles. The number of para-hydroxylation sites is 1. The number of carbonyl (C=O) groups is 3. The lowest BCUT2D eigenvalue weighted by molar-refractivity contribution is -0.117. The Morgan fingerprint density at radius 1 is 0.941 bits per heavy atom. The van der Waals surface area contributed by atoms with Gasteiger partial charge in [0.2, 0.25) is 5.91 Å². The number of ether oxygens (including phenoxy) is 2. The van der Waals surface area contributed by atoms with Gasteiger partial charge in [0, 0.05) is 5.69 Å². The number of hydrogen-bond donors (Lipinski definition) is 1. The predicted molar refractivity (Wildman–Crippen MR) is 133 cm³/mol. The molecule has 3 aromatic rings. The second-order valence-electron chi connectivity index (χ2n) is 8.01. The smallest absolute Gasteiger partial charge is 0.338 e. The van der Waals surface area contributed by atoms with Crippen molar-refractivity contribution in [2.75, 3.05) is 18.5 Å². The van der Waals surface area contributed by atoms with Crippen LogP contribution in [0.1, 0.15) is 78.1 Å². The molecular formula is C26H30N2O5S. The fraction of sp³-hybridized carbons (Fsp3) is 0.385. The molecule has 3 rings (SSSR count). The van der Waals surface area contributed by atoms with Crippen LogP contribution in [0.15, 0.2) is 42.5 Å². The minimum absolute atomic E-state index is 0.184. The summed E-state index contributed by atoms with van der Waals surface area (Å²) in [6.45, 7) is 6.35. The van der Waals surface area contributed by atoms with Crippen LogP contribution < -0.4 is 5.32 Å². The van der Waals surface area contributed by atoms with Gasteiger partial charge in [-0.15, -0.1) is 11.3 Å². The van der Waals surface area contributed by atoms with Crippen molar-refractivity contribution in [2.24, 2.45) is 0 Å². The zero-order chi connectivity index (χ0) is 24.5. The Bertz CT molecular complexity index is 1080. The number of nitrogens with one attached hydrogen (secondary N) is 1. The molecule has 0 aliphatic carbocycles. The van der Waals surface area contributed by atoms with E-state index in [1.165, 1.54) is 29.5 Å². The van der Waals surface area contributed by atoms with Crippen LogP contribution in [0, 0.1) is 0 Å². The topological polar surface area (TPSA) is 94.6 Å². The van der Waals surface area contributed by atoms with Gasteiger partial charge in [-0.1, -0.05) is 38.8 Å². The Balaban J connectivity index is 1.81. The first-order valence-corrected chi connectivity index (χ1v) is 12.4. The van der Waals surface area contributed by atoms with Crippen LogP contribution in [-0.4, -0.2) is 36.0 Å². The van der Waals surface area contributed by atoms with Crippen LogP contribution in [0.25, 0.3) is 10.2 Å². The highest BCUT2D eigenvalue weighted by Crippen LogP contribution is 2.28. The van der Waals surface area contributed by atoms with Crippen molar-refractivity contribution in [3.05, 3.63) is 58.6 Å². The first-order chi connectivity index (χ1) is 16.4. The van der Waals surface area contributed by atoms with Gasteiger partial charge in [-0.3, -0.25) is 4.79 Å². The molecule has 1 atom stereocenters. The molecule has 7 nitrogen and oxygen atoms in total. The first kappa shape index (κ1) is 25.4. The third-order valence-electron chi connectivity index (χ3n) is 5.21. The molecule has 34 heavy (non-hydrogen) atoms. The fourth-order valence-electron chi connectivity index (χ4n) is 3.16. The number of hydrogen-bond acceptors (Lipinski definition) is 7. The zero-order valence-corrected chi connectivity index (χ0v) is 20.6. The van der Waals surface area contributed by atoms with Crippen LogP contribution in [-0.2, 0) is 14.3 Å². The summed E-state index contributed by atoms with van der Waals surface area (Å²) in [5.74, 6) is -1.91. The highest BCUT2D eigenvalue weighted by Gasteiger charge is 2.21. The quantitative estimate of drug-likeness (QED) is 0.268. The van der Waals surface area contributed by atoms with Gasteiger partial charge >= 0.3 is 11.9 Å². The Kier molecular flexibility index (Phi) is 9.16. The summed E-state index contributed by atoms with van der Waals surface area (Å²) in [7, 11) is 0. The maximum Gasteiger partial charge on any atom is 0.338 e. The van der Waals surface area contributed by atoms with E-state index < -0.39 is 17.9 Å². The summed E-state index contributed by atoms with van der Waals surface area (Å²) in [5, 5.41) is 3.51. The van der Waals surface area contributed by atoms with Gasteiger partial charge in [0.15, 0.2) is 0 Å². The standard InChI is InChI=1S/C26H30N2O5S/c1-4-6-12-32-25(30)18-14-19(26(31)33-13-7-5-2)16-20(15-18)27-23(29)17(3)24-28-21-10-8-9-11-22(21)34-24/h8-11,14-17H,4-7,12-13H2,1-3H3,(H,27,29). The molecule has 8 heteroatoms. The molecule has 180 valence electrons. The molecule has 1 N–H and O–H groups in total. The molecule has 0 saturated heterocycles. The van der Waals surface area contributed by atoms with Gasteiger partial charge in [-0.2, -0.15) is 0 Å². The monoisotopic (exact) mass is 482 g/mol. The third kappa shape index (κ3) is 6.63. The summed E-state index contributed by atoms with van der Waals surface area (Å²) in [5.41, 5.74) is 1.54. The van der Waals surface area contributed by atoms with Crippen LogP contribution in [0.5, 0.6) is 0 Å². The Labute approximate surface area is 203 Å². The van der Waals surface area contributed by atoms with Crippen LogP contribution in [0.3, 0.4) is 0 Å². The number of anilines is 1. The van der Waals surface area contributed by atoms with Gasteiger partial charge in [0.1, 0.15) is 5.01 Å². The molecule has 1 amide bonds. The second kappa shape index (κ2) is 12.3. The number of carbonyl (C=O) groups excluding carboxylic acids is 3. The molecule has 0 aliphatic rings. The Hall–Kier alpha value is -3.26. The molecule has 0 spiro atoms.